The van der Waals surface area contributed by atoms with Crippen LogP contribution >= 0.6 is 11.6 Å². The molecule has 0 atom stereocenters. The van der Waals surface area contributed by atoms with Crippen LogP contribution in [0.15, 0.2) is 24.4 Å². The summed E-state index contributed by atoms with van der Waals surface area (Å²) in [4.78, 5) is 0. The van der Waals surface area contributed by atoms with Gasteiger partial charge in [-0.25, -0.2) is 0 Å². The van der Waals surface area contributed by atoms with Crippen molar-refractivity contribution < 1.29 is 9.47 Å². The van der Waals surface area contributed by atoms with E-state index in [-0.39, 0.29) is 0 Å². The van der Waals surface area contributed by atoms with E-state index in [0.29, 0.717) is 37.1 Å². The van der Waals surface area contributed by atoms with E-state index in [9.17, 15) is 0 Å². The fourth-order valence-corrected chi connectivity index (χ4v) is 2.57. The predicted octanol–water partition coefficient (Wildman–Crippen LogP) is 2.52. The maximum Gasteiger partial charge on any atom is 0.179 e. The molecule has 5 nitrogen and oxygen atoms in total. The van der Waals surface area contributed by atoms with Gasteiger partial charge in [-0.05, 0) is 23.8 Å². The highest BCUT2D eigenvalue weighted by atomic mass is 35.5. The molecule has 0 fully saturated rings. The third-order valence-corrected chi connectivity index (χ3v) is 3.55. The Labute approximate surface area is 128 Å². The molecule has 0 saturated heterocycles. The summed E-state index contributed by atoms with van der Waals surface area (Å²) in [7, 11) is 1.91. The maximum absolute atomic E-state index is 6.27. The van der Waals surface area contributed by atoms with Gasteiger partial charge in [0.2, 0.25) is 0 Å². The molecule has 3 rings (SSSR count). The first kappa shape index (κ1) is 14.2. The highest BCUT2D eigenvalue weighted by Gasteiger charge is 2.15. The van der Waals surface area contributed by atoms with Gasteiger partial charge < -0.3 is 14.8 Å². The van der Waals surface area contributed by atoms with E-state index in [1.54, 1.807) is 4.68 Å². The molecule has 1 aliphatic rings. The molecule has 0 aliphatic carbocycles. The molecule has 1 aromatic carbocycles. The van der Waals surface area contributed by atoms with Gasteiger partial charge in [-0.1, -0.05) is 11.6 Å². The van der Waals surface area contributed by atoms with Crippen LogP contribution in [0.5, 0.6) is 11.5 Å². The molecule has 1 aromatic heterocycles. The molecule has 2 heterocycles. The monoisotopic (exact) mass is 307 g/mol. The smallest absolute Gasteiger partial charge is 0.179 e. The van der Waals surface area contributed by atoms with E-state index >= 15 is 0 Å². The summed E-state index contributed by atoms with van der Waals surface area (Å²) in [5.41, 5.74) is 2.08. The Morgan fingerprint density at radius 1 is 1.29 bits per heavy atom. The Morgan fingerprint density at radius 3 is 2.95 bits per heavy atom. The number of halogens is 1. The summed E-state index contributed by atoms with van der Waals surface area (Å²) in [5, 5.41) is 8.28. The van der Waals surface area contributed by atoms with Crippen LogP contribution < -0.4 is 14.8 Å². The van der Waals surface area contributed by atoms with Gasteiger partial charge in [0, 0.05) is 32.8 Å². The number of nitrogens with one attached hydrogen (secondary N) is 1. The van der Waals surface area contributed by atoms with Crippen molar-refractivity contribution in [3.63, 3.8) is 0 Å². The predicted molar refractivity (Wildman–Crippen MR) is 80.8 cm³/mol. The second-order valence-corrected chi connectivity index (χ2v) is 5.45. The van der Waals surface area contributed by atoms with Crippen LogP contribution in [0.1, 0.15) is 17.7 Å². The fourth-order valence-electron chi connectivity index (χ4n) is 2.28. The van der Waals surface area contributed by atoms with Crippen LogP contribution in [0.2, 0.25) is 5.02 Å². The van der Waals surface area contributed by atoms with Gasteiger partial charge in [0.1, 0.15) is 0 Å². The lowest BCUT2D eigenvalue weighted by Crippen LogP contribution is -2.13. The Bertz CT molecular complexity index is 627. The first-order chi connectivity index (χ1) is 10.2. The average molecular weight is 308 g/mol. The quantitative estimate of drug-likeness (QED) is 0.943. The molecule has 1 aliphatic heterocycles. The Kier molecular flexibility index (Phi) is 4.31. The molecular formula is C15H18ClN3O2. The number of benzene rings is 1. The van der Waals surface area contributed by atoms with Crippen molar-refractivity contribution in [1.82, 2.24) is 15.1 Å². The molecule has 0 saturated carbocycles. The number of fused-ring (bicyclic) bond motifs is 1. The van der Waals surface area contributed by atoms with Gasteiger partial charge in [-0.3, -0.25) is 4.68 Å². The zero-order valence-electron chi connectivity index (χ0n) is 11.9. The van der Waals surface area contributed by atoms with Crippen LogP contribution in [-0.4, -0.2) is 23.0 Å². The summed E-state index contributed by atoms with van der Waals surface area (Å²) in [6.45, 7) is 2.72. The van der Waals surface area contributed by atoms with Gasteiger partial charge in [-0.15, -0.1) is 0 Å². The van der Waals surface area contributed by atoms with Crippen LogP contribution in [0, 0.1) is 0 Å². The van der Waals surface area contributed by atoms with Gasteiger partial charge in [0.05, 0.1) is 23.9 Å². The van der Waals surface area contributed by atoms with Gasteiger partial charge in [0.25, 0.3) is 0 Å². The van der Waals surface area contributed by atoms with Crippen molar-refractivity contribution in [1.29, 1.82) is 0 Å². The van der Waals surface area contributed by atoms with Gasteiger partial charge >= 0.3 is 0 Å². The standard InChI is InChI=1S/C15H18ClN3O2/c1-19-4-3-12(18-19)10-17-9-11-7-13(16)15-14(8-11)20-5-2-6-21-15/h3-4,7-8,17H,2,5-6,9-10H2,1H3. The summed E-state index contributed by atoms with van der Waals surface area (Å²) >= 11 is 6.27. The second-order valence-electron chi connectivity index (χ2n) is 5.04. The number of ether oxygens (including phenoxy) is 2. The van der Waals surface area contributed by atoms with E-state index in [1.807, 2.05) is 31.4 Å². The van der Waals surface area contributed by atoms with Crippen molar-refractivity contribution >= 4 is 11.6 Å². The first-order valence-corrected chi connectivity index (χ1v) is 7.37. The zero-order valence-corrected chi connectivity index (χ0v) is 12.7. The van der Waals surface area contributed by atoms with E-state index in [0.717, 1.165) is 23.4 Å². The molecule has 0 unspecified atom stereocenters. The van der Waals surface area contributed by atoms with Gasteiger partial charge in [-0.2, -0.15) is 5.10 Å². The molecule has 0 radical (unpaired) electrons. The molecule has 2 aromatic rings. The second kappa shape index (κ2) is 6.37. The number of rotatable bonds is 4. The summed E-state index contributed by atoms with van der Waals surface area (Å²) in [6.07, 6.45) is 2.81. The van der Waals surface area contributed by atoms with E-state index in [4.69, 9.17) is 21.1 Å². The van der Waals surface area contributed by atoms with Crippen molar-refractivity contribution in [3.05, 3.63) is 40.7 Å². The molecule has 0 bridgehead atoms. The first-order valence-electron chi connectivity index (χ1n) is 6.99. The number of hydrogen-bond donors (Lipinski definition) is 1. The number of nitrogens with zero attached hydrogens (tertiary/aromatic N) is 2. The minimum absolute atomic E-state index is 0.601. The molecular weight excluding hydrogens is 290 g/mol. The van der Waals surface area contributed by atoms with Crippen molar-refractivity contribution in [2.75, 3.05) is 13.2 Å². The Hall–Kier alpha value is -1.72. The van der Waals surface area contributed by atoms with E-state index < -0.39 is 0 Å². The minimum atomic E-state index is 0.601. The highest BCUT2D eigenvalue weighted by Crippen LogP contribution is 2.37. The Morgan fingerprint density at radius 2 is 2.14 bits per heavy atom. The summed E-state index contributed by atoms with van der Waals surface area (Å²) in [6, 6.07) is 5.90. The molecule has 0 spiro atoms. The van der Waals surface area contributed by atoms with Crippen LogP contribution in [0.4, 0.5) is 0 Å². The number of hydrogen-bond acceptors (Lipinski definition) is 4. The molecule has 6 heteroatoms. The van der Waals surface area contributed by atoms with E-state index in [1.165, 1.54) is 0 Å². The lowest BCUT2D eigenvalue weighted by Gasteiger charge is -2.12. The van der Waals surface area contributed by atoms with E-state index in [2.05, 4.69) is 10.4 Å². The average Bonchev–Trinajstić information content (AvgIpc) is 2.73. The largest absolute Gasteiger partial charge is 0.489 e. The maximum atomic E-state index is 6.27. The highest BCUT2D eigenvalue weighted by molar-refractivity contribution is 6.32. The number of aromatic nitrogens is 2. The molecule has 0 amide bonds. The van der Waals surface area contributed by atoms with Gasteiger partial charge in [0.15, 0.2) is 11.5 Å². The SMILES string of the molecule is Cn1ccc(CNCc2cc(Cl)c3c(c2)OCCCO3)n1. The fraction of sp³-hybridized carbons (Fsp3) is 0.400. The lowest BCUT2D eigenvalue weighted by molar-refractivity contribution is 0.297. The van der Waals surface area contributed by atoms with Crippen molar-refractivity contribution in [3.8, 4) is 11.5 Å². The van der Waals surface area contributed by atoms with Crippen LogP contribution in [0.25, 0.3) is 0 Å². The van der Waals surface area contributed by atoms with Crippen molar-refractivity contribution in [2.24, 2.45) is 7.05 Å². The topological polar surface area (TPSA) is 48.3 Å². The molecule has 21 heavy (non-hydrogen) atoms. The van der Waals surface area contributed by atoms with Crippen molar-refractivity contribution in [2.45, 2.75) is 19.5 Å². The van der Waals surface area contributed by atoms with Crippen LogP contribution in [0.3, 0.4) is 0 Å². The normalized spacial score (nSPS) is 14.0. The summed E-state index contributed by atoms with van der Waals surface area (Å²) < 4.78 is 13.1. The van der Waals surface area contributed by atoms with Crippen LogP contribution in [-0.2, 0) is 20.1 Å². The number of aryl methyl sites for hydroxylation is 1. The summed E-state index contributed by atoms with van der Waals surface area (Å²) in [5.74, 6) is 1.39. The molecule has 1 N–H and O–H groups in total. The molecule has 112 valence electrons. The third-order valence-electron chi connectivity index (χ3n) is 3.27. The zero-order chi connectivity index (χ0) is 14.7. The Balaban J connectivity index is 1.65. The lowest BCUT2D eigenvalue weighted by atomic mass is 10.2. The third kappa shape index (κ3) is 3.49. The minimum Gasteiger partial charge on any atom is -0.489 e.